The maximum Gasteiger partial charge on any atom is 0.0713 e. The van der Waals surface area contributed by atoms with Crippen molar-refractivity contribution in [3.63, 3.8) is 0 Å². The average molecular weight is 271 g/mol. The molecule has 3 fully saturated rings. The fourth-order valence-electron chi connectivity index (χ4n) is 3.46. The number of hydrogen-bond donors (Lipinski definition) is 1. The van der Waals surface area contributed by atoms with E-state index in [-0.39, 0.29) is 5.60 Å². The molecule has 104 valence electrons. The number of nitrogens with one attached hydrogen (secondary N) is 1. The highest BCUT2D eigenvalue weighted by molar-refractivity contribution is 7.99. The molecule has 1 N–H and O–H groups in total. The molecule has 0 aromatic carbocycles. The standard InChI is InChI=1S/C14H25NO2S/c1-6-16-7-2-12(1)15-13-3-8-17-14(11-13)4-9-18-10-5-14/h12-13,15H,1-11H2. The minimum atomic E-state index is 0.215. The fourth-order valence-corrected chi connectivity index (χ4v) is 4.70. The van der Waals surface area contributed by atoms with Crippen molar-refractivity contribution < 1.29 is 9.47 Å². The summed E-state index contributed by atoms with van der Waals surface area (Å²) >= 11 is 2.08. The molecule has 1 atom stereocenters. The molecule has 3 saturated heterocycles. The topological polar surface area (TPSA) is 30.5 Å². The van der Waals surface area contributed by atoms with Crippen molar-refractivity contribution >= 4 is 11.8 Å². The second-order valence-corrected chi connectivity index (χ2v) is 7.11. The Kier molecular flexibility index (Phi) is 4.50. The monoisotopic (exact) mass is 271 g/mol. The zero-order chi connectivity index (χ0) is 12.3. The van der Waals surface area contributed by atoms with Crippen LogP contribution in [0.15, 0.2) is 0 Å². The first-order chi connectivity index (χ1) is 8.86. The van der Waals surface area contributed by atoms with Crippen LogP contribution >= 0.6 is 11.8 Å². The first-order valence-corrected chi connectivity index (χ1v) is 8.57. The van der Waals surface area contributed by atoms with E-state index in [1.807, 2.05) is 0 Å². The predicted molar refractivity (Wildman–Crippen MR) is 75.2 cm³/mol. The maximum absolute atomic E-state index is 6.15. The van der Waals surface area contributed by atoms with Crippen molar-refractivity contribution in [3.8, 4) is 0 Å². The molecule has 1 spiro atoms. The number of ether oxygens (including phenoxy) is 2. The van der Waals surface area contributed by atoms with Crippen molar-refractivity contribution in [1.29, 1.82) is 0 Å². The normalized spacial score (nSPS) is 33.7. The lowest BCUT2D eigenvalue weighted by molar-refractivity contribution is -0.0953. The van der Waals surface area contributed by atoms with Crippen molar-refractivity contribution in [2.45, 2.75) is 56.2 Å². The summed E-state index contributed by atoms with van der Waals surface area (Å²) in [6.45, 7) is 2.82. The first-order valence-electron chi connectivity index (χ1n) is 7.42. The highest BCUT2D eigenvalue weighted by Crippen LogP contribution is 2.37. The molecule has 0 bridgehead atoms. The largest absolute Gasteiger partial charge is 0.381 e. The summed E-state index contributed by atoms with van der Waals surface area (Å²) < 4.78 is 11.6. The molecule has 1 unspecified atom stereocenters. The van der Waals surface area contributed by atoms with Gasteiger partial charge >= 0.3 is 0 Å². The molecule has 3 aliphatic heterocycles. The van der Waals surface area contributed by atoms with Gasteiger partial charge in [-0.25, -0.2) is 0 Å². The third kappa shape index (κ3) is 3.21. The number of rotatable bonds is 2. The van der Waals surface area contributed by atoms with Crippen LogP contribution in [0.2, 0.25) is 0 Å². The summed E-state index contributed by atoms with van der Waals surface area (Å²) in [4.78, 5) is 0. The number of thioether (sulfide) groups is 1. The Labute approximate surface area is 114 Å². The zero-order valence-corrected chi connectivity index (χ0v) is 12.0. The van der Waals surface area contributed by atoms with E-state index in [0.29, 0.717) is 12.1 Å². The summed E-state index contributed by atoms with van der Waals surface area (Å²) in [6, 6.07) is 1.35. The van der Waals surface area contributed by atoms with Crippen molar-refractivity contribution in [3.05, 3.63) is 0 Å². The molecule has 18 heavy (non-hydrogen) atoms. The van der Waals surface area contributed by atoms with E-state index in [9.17, 15) is 0 Å². The Bertz CT molecular complexity index is 257. The van der Waals surface area contributed by atoms with Crippen LogP contribution in [0.5, 0.6) is 0 Å². The molecule has 4 heteroatoms. The van der Waals surface area contributed by atoms with Crippen molar-refractivity contribution in [2.24, 2.45) is 0 Å². The van der Waals surface area contributed by atoms with Gasteiger partial charge in [0.15, 0.2) is 0 Å². The van der Waals surface area contributed by atoms with E-state index in [4.69, 9.17) is 9.47 Å². The predicted octanol–water partition coefficient (Wildman–Crippen LogP) is 2.20. The lowest BCUT2D eigenvalue weighted by atomic mass is 9.85. The van der Waals surface area contributed by atoms with Crippen LogP contribution in [-0.2, 0) is 9.47 Å². The second kappa shape index (κ2) is 6.12. The first kappa shape index (κ1) is 13.2. The quantitative estimate of drug-likeness (QED) is 0.834. The SMILES string of the molecule is C1CC(NC2CCOC3(CCSCC3)C2)CCO1. The van der Waals surface area contributed by atoms with E-state index >= 15 is 0 Å². The Morgan fingerprint density at radius 3 is 2.44 bits per heavy atom. The molecule has 0 radical (unpaired) electrons. The molecule has 3 heterocycles. The number of hydrogen-bond acceptors (Lipinski definition) is 4. The lowest BCUT2D eigenvalue weighted by Gasteiger charge is -2.44. The smallest absolute Gasteiger partial charge is 0.0713 e. The van der Waals surface area contributed by atoms with E-state index in [1.165, 1.54) is 50.0 Å². The minimum absolute atomic E-state index is 0.215. The van der Waals surface area contributed by atoms with Gasteiger partial charge in [-0.1, -0.05) is 0 Å². The van der Waals surface area contributed by atoms with E-state index in [1.54, 1.807) is 0 Å². The van der Waals surface area contributed by atoms with Gasteiger partial charge in [0.05, 0.1) is 5.60 Å². The molecule has 3 rings (SSSR count). The molecular formula is C14H25NO2S. The van der Waals surface area contributed by atoms with Crippen LogP contribution in [0.1, 0.15) is 38.5 Å². The van der Waals surface area contributed by atoms with Crippen LogP contribution in [0.25, 0.3) is 0 Å². The van der Waals surface area contributed by atoms with Gasteiger partial charge in [0.1, 0.15) is 0 Å². The van der Waals surface area contributed by atoms with Gasteiger partial charge < -0.3 is 14.8 Å². The maximum atomic E-state index is 6.15. The Morgan fingerprint density at radius 1 is 0.944 bits per heavy atom. The van der Waals surface area contributed by atoms with Gasteiger partial charge in [0.25, 0.3) is 0 Å². The van der Waals surface area contributed by atoms with E-state index in [2.05, 4.69) is 17.1 Å². The molecule has 3 nitrogen and oxygen atoms in total. The molecule has 0 saturated carbocycles. The summed E-state index contributed by atoms with van der Waals surface area (Å²) in [6.07, 6.45) is 7.28. The Hall–Kier alpha value is 0.230. The molecule has 0 aliphatic carbocycles. The van der Waals surface area contributed by atoms with Crippen molar-refractivity contribution in [1.82, 2.24) is 5.32 Å². The molecular weight excluding hydrogens is 246 g/mol. The van der Waals surface area contributed by atoms with Gasteiger partial charge in [-0.15, -0.1) is 0 Å². The Balaban J connectivity index is 1.52. The molecule has 0 aromatic rings. The zero-order valence-electron chi connectivity index (χ0n) is 11.2. The lowest BCUT2D eigenvalue weighted by Crippen LogP contribution is -2.51. The third-order valence-electron chi connectivity index (χ3n) is 4.59. The van der Waals surface area contributed by atoms with Gasteiger partial charge in [-0.3, -0.25) is 0 Å². The van der Waals surface area contributed by atoms with Crippen molar-refractivity contribution in [2.75, 3.05) is 31.3 Å². The van der Waals surface area contributed by atoms with Crippen LogP contribution in [0.3, 0.4) is 0 Å². The van der Waals surface area contributed by atoms with Gasteiger partial charge in [-0.2, -0.15) is 11.8 Å². The van der Waals surface area contributed by atoms with Gasteiger partial charge in [0, 0.05) is 31.9 Å². The van der Waals surface area contributed by atoms with Crippen LogP contribution in [0, 0.1) is 0 Å². The van der Waals surface area contributed by atoms with Gasteiger partial charge in [-0.05, 0) is 50.0 Å². The fraction of sp³-hybridized carbons (Fsp3) is 1.00. The third-order valence-corrected chi connectivity index (χ3v) is 5.58. The van der Waals surface area contributed by atoms with Crippen LogP contribution < -0.4 is 5.32 Å². The Morgan fingerprint density at radius 2 is 1.67 bits per heavy atom. The summed E-state index contributed by atoms with van der Waals surface area (Å²) in [5.41, 5.74) is 0.215. The highest BCUT2D eigenvalue weighted by atomic mass is 32.2. The summed E-state index contributed by atoms with van der Waals surface area (Å²) in [7, 11) is 0. The minimum Gasteiger partial charge on any atom is -0.381 e. The summed E-state index contributed by atoms with van der Waals surface area (Å²) in [5, 5.41) is 3.86. The molecule has 3 aliphatic rings. The van der Waals surface area contributed by atoms with E-state index < -0.39 is 0 Å². The molecule has 0 aromatic heterocycles. The highest BCUT2D eigenvalue weighted by Gasteiger charge is 2.39. The van der Waals surface area contributed by atoms with Gasteiger partial charge in [0.2, 0.25) is 0 Å². The average Bonchev–Trinajstić information content (AvgIpc) is 2.41. The summed E-state index contributed by atoms with van der Waals surface area (Å²) in [5.74, 6) is 2.56. The van der Waals surface area contributed by atoms with Crippen LogP contribution in [0.4, 0.5) is 0 Å². The van der Waals surface area contributed by atoms with E-state index in [0.717, 1.165) is 19.8 Å². The van der Waals surface area contributed by atoms with Crippen LogP contribution in [-0.4, -0.2) is 49.0 Å². The second-order valence-electron chi connectivity index (χ2n) is 5.89. The molecule has 0 amide bonds.